The van der Waals surface area contributed by atoms with Gasteiger partial charge in [-0.05, 0) is 63.2 Å². The summed E-state index contributed by atoms with van der Waals surface area (Å²) in [5.41, 5.74) is 3.71. The molecular weight excluding hydrogens is 316 g/mol. The van der Waals surface area contributed by atoms with Crippen molar-refractivity contribution < 1.29 is 9.15 Å². The SMILES string of the molecule is Cc1cc(C)c2oc(=O)cc(CN(C)CCCN3CCOCC3)c2c1. The maximum atomic E-state index is 11.9. The number of hydrogen-bond donors (Lipinski definition) is 0. The zero-order chi connectivity index (χ0) is 17.8. The van der Waals surface area contributed by atoms with Gasteiger partial charge in [-0.25, -0.2) is 4.79 Å². The van der Waals surface area contributed by atoms with Gasteiger partial charge in [-0.15, -0.1) is 0 Å². The van der Waals surface area contributed by atoms with Crippen molar-refractivity contribution in [2.75, 3.05) is 46.4 Å². The molecule has 1 aliphatic rings. The quantitative estimate of drug-likeness (QED) is 0.754. The van der Waals surface area contributed by atoms with Crippen LogP contribution in [0.1, 0.15) is 23.1 Å². The predicted molar refractivity (Wildman–Crippen MR) is 100 cm³/mol. The summed E-state index contributed by atoms with van der Waals surface area (Å²) in [6, 6.07) is 5.81. The summed E-state index contributed by atoms with van der Waals surface area (Å²) in [5.74, 6) is 0. The van der Waals surface area contributed by atoms with Gasteiger partial charge in [0.2, 0.25) is 0 Å². The van der Waals surface area contributed by atoms with Gasteiger partial charge in [0, 0.05) is 31.1 Å². The number of benzene rings is 1. The molecule has 0 spiro atoms. The second kappa shape index (κ2) is 8.13. The van der Waals surface area contributed by atoms with Crippen LogP contribution < -0.4 is 5.63 Å². The molecule has 1 fully saturated rings. The lowest BCUT2D eigenvalue weighted by Crippen LogP contribution is -2.37. The van der Waals surface area contributed by atoms with Gasteiger partial charge in [0.1, 0.15) is 5.58 Å². The summed E-state index contributed by atoms with van der Waals surface area (Å²) in [5, 5.41) is 1.05. The third-order valence-corrected chi connectivity index (χ3v) is 4.82. The molecule has 1 aromatic carbocycles. The maximum absolute atomic E-state index is 11.9. The fourth-order valence-corrected chi connectivity index (χ4v) is 3.57. The molecular formula is C20H28N2O3. The molecule has 136 valence electrons. The van der Waals surface area contributed by atoms with Crippen molar-refractivity contribution in [3.63, 3.8) is 0 Å². The molecule has 2 heterocycles. The molecule has 0 N–H and O–H groups in total. The van der Waals surface area contributed by atoms with Gasteiger partial charge in [-0.3, -0.25) is 4.90 Å². The van der Waals surface area contributed by atoms with Crippen molar-refractivity contribution in [2.45, 2.75) is 26.8 Å². The van der Waals surface area contributed by atoms with Gasteiger partial charge >= 0.3 is 5.63 Å². The van der Waals surface area contributed by atoms with Crippen LogP contribution in [0.15, 0.2) is 27.4 Å². The highest BCUT2D eigenvalue weighted by atomic mass is 16.5. The molecule has 0 aliphatic carbocycles. The predicted octanol–water partition coefficient (Wildman–Crippen LogP) is 2.56. The molecule has 1 saturated heterocycles. The first-order chi connectivity index (χ1) is 12.0. The summed E-state index contributed by atoms with van der Waals surface area (Å²) < 4.78 is 10.8. The lowest BCUT2D eigenvalue weighted by Gasteiger charge is -2.27. The Bertz CT molecular complexity index is 778. The van der Waals surface area contributed by atoms with Crippen LogP contribution in [0.25, 0.3) is 11.0 Å². The van der Waals surface area contributed by atoms with Crippen LogP contribution >= 0.6 is 0 Å². The first kappa shape index (κ1) is 18.1. The average Bonchev–Trinajstić information content (AvgIpc) is 2.57. The molecule has 0 bridgehead atoms. The maximum Gasteiger partial charge on any atom is 0.336 e. The Hall–Kier alpha value is -1.69. The molecule has 1 aromatic heterocycles. The molecule has 0 radical (unpaired) electrons. The van der Waals surface area contributed by atoms with E-state index in [2.05, 4.69) is 35.9 Å². The summed E-state index contributed by atoms with van der Waals surface area (Å²) in [6.07, 6.45) is 1.12. The Balaban J connectivity index is 1.66. The molecule has 5 nitrogen and oxygen atoms in total. The van der Waals surface area contributed by atoms with E-state index in [0.717, 1.165) is 74.5 Å². The van der Waals surface area contributed by atoms with Gasteiger partial charge in [-0.1, -0.05) is 6.07 Å². The van der Waals surface area contributed by atoms with Gasteiger partial charge in [0.05, 0.1) is 13.2 Å². The van der Waals surface area contributed by atoms with Crippen LogP contribution in [0.4, 0.5) is 0 Å². The number of rotatable bonds is 6. The van der Waals surface area contributed by atoms with E-state index in [1.165, 1.54) is 5.56 Å². The number of fused-ring (bicyclic) bond motifs is 1. The Kier molecular flexibility index (Phi) is 5.89. The molecule has 5 heteroatoms. The van der Waals surface area contributed by atoms with Crippen molar-refractivity contribution in [1.29, 1.82) is 0 Å². The molecule has 0 amide bonds. The molecule has 2 aromatic rings. The van der Waals surface area contributed by atoms with E-state index in [0.29, 0.717) is 0 Å². The normalized spacial score (nSPS) is 16.0. The first-order valence-electron chi connectivity index (χ1n) is 9.05. The van der Waals surface area contributed by atoms with Crippen molar-refractivity contribution in [1.82, 2.24) is 9.80 Å². The van der Waals surface area contributed by atoms with Crippen molar-refractivity contribution in [3.05, 3.63) is 45.3 Å². The van der Waals surface area contributed by atoms with Crippen LogP contribution in [0.5, 0.6) is 0 Å². The van der Waals surface area contributed by atoms with Gasteiger partial charge < -0.3 is 14.1 Å². The minimum atomic E-state index is -0.267. The number of aryl methyl sites for hydroxylation is 2. The molecule has 0 saturated carbocycles. The van der Waals surface area contributed by atoms with Gasteiger partial charge in [0.25, 0.3) is 0 Å². The van der Waals surface area contributed by atoms with Crippen molar-refractivity contribution >= 4 is 11.0 Å². The van der Waals surface area contributed by atoms with E-state index < -0.39 is 0 Å². The Morgan fingerprint density at radius 2 is 1.92 bits per heavy atom. The molecule has 0 unspecified atom stereocenters. The molecule has 1 aliphatic heterocycles. The smallest absolute Gasteiger partial charge is 0.336 e. The highest BCUT2D eigenvalue weighted by Gasteiger charge is 2.12. The molecule has 0 atom stereocenters. The van der Waals surface area contributed by atoms with Crippen LogP contribution in [-0.2, 0) is 11.3 Å². The van der Waals surface area contributed by atoms with Crippen molar-refractivity contribution in [2.24, 2.45) is 0 Å². The lowest BCUT2D eigenvalue weighted by molar-refractivity contribution is 0.0363. The second-order valence-corrected chi connectivity index (χ2v) is 7.09. The largest absolute Gasteiger partial charge is 0.422 e. The number of morpholine rings is 1. The fraction of sp³-hybridized carbons (Fsp3) is 0.550. The Morgan fingerprint density at radius 1 is 1.16 bits per heavy atom. The summed E-state index contributed by atoms with van der Waals surface area (Å²) in [4.78, 5) is 16.7. The van der Waals surface area contributed by atoms with E-state index in [1.54, 1.807) is 6.07 Å². The van der Waals surface area contributed by atoms with E-state index in [1.807, 2.05) is 6.92 Å². The summed E-state index contributed by atoms with van der Waals surface area (Å²) in [7, 11) is 2.11. The third-order valence-electron chi connectivity index (χ3n) is 4.82. The van der Waals surface area contributed by atoms with Crippen LogP contribution in [0, 0.1) is 13.8 Å². The zero-order valence-corrected chi connectivity index (χ0v) is 15.5. The summed E-state index contributed by atoms with van der Waals surface area (Å²) in [6.45, 7) is 10.7. The number of nitrogens with zero attached hydrogens (tertiary/aromatic N) is 2. The van der Waals surface area contributed by atoms with Crippen LogP contribution in [0.3, 0.4) is 0 Å². The minimum Gasteiger partial charge on any atom is -0.422 e. The number of ether oxygens (including phenoxy) is 1. The van der Waals surface area contributed by atoms with E-state index in [4.69, 9.17) is 9.15 Å². The van der Waals surface area contributed by atoms with Gasteiger partial charge in [-0.2, -0.15) is 0 Å². The monoisotopic (exact) mass is 344 g/mol. The second-order valence-electron chi connectivity index (χ2n) is 7.09. The third kappa shape index (κ3) is 4.69. The fourth-order valence-electron chi connectivity index (χ4n) is 3.57. The zero-order valence-electron chi connectivity index (χ0n) is 15.5. The Labute approximate surface area is 149 Å². The lowest BCUT2D eigenvalue weighted by atomic mass is 10.0. The van der Waals surface area contributed by atoms with Gasteiger partial charge in [0.15, 0.2) is 0 Å². The highest BCUT2D eigenvalue weighted by molar-refractivity contribution is 5.83. The number of hydrogen-bond acceptors (Lipinski definition) is 5. The van der Waals surface area contributed by atoms with E-state index in [9.17, 15) is 4.79 Å². The van der Waals surface area contributed by atoms with E-state index >= 15 is 0 Å². The molecule has 3 rings (SSSR count). The summed E-state index contributed by atoms with van der Waals surface area (Å²) >= 11 is 0. The first-order valence-corrected chi connectivity index (χ1v) is 9.05. The standard InChI is InChI=1S/C20H28N2O3/c1-15-11-16(2)20-18(12-15)17(13-19(23)25-20)14-21(3)5-4-6-22-7-9-24-10-8-22/h11-13H,4-10,14H2,1-3H3. The Morgan fingerprint density at radius 3 is 2.68 bits per heavy atom. The van der Waals surface area contributed by atoms with Crippen LogP contribution in [0.2, 0.25) is 0 Å². The average molecular weight is 344 g/mol. The van der Waals surface area contributed by atoms with Crippen LogP contribution in [-0.4, -0.2) is 56.2 Å². The van der Waals surface area contributed by atoms with Crippen molar-refractivity contribution in [3.8, 4) is 0 Å². The molecule has 25 heavy (non-hydrogen) atoms. The highest BCUT2D eigenvalue weighted by Crippen LogP contribution is 2.23. The topological polar surface area (TPSA) is 45.9 Å². The van der Waals surface area contributed by atoms with E-state index in [-0.39, 0.29) is 5.63 Å². The minimum absolute atomic E-state index is 0.267.